The number of hydrogen-bond donors (Lipinski definition) is 2. The van der Waals surface area contributed by atoms with E-state index in [1.54, 1.807) is 24.3 Å². The van der Waals surface area contributed by atoms with Gasteiger partial charge in [-0.3, -0.25) is 4.90 Å². The SMILES string of the molecule is COC(=O)c1ccc(NC(=O)N[C@@H]2C[C@H]3CO[C@@H](c4ccccc4)CN3C2)cc1. The zero-order valence-corrected chi connectivity index (χ0v) is 16.3. The maximum absolute atomic E-state index is 12.4. The van der Waals surface area contributed by atoms with Crippen molar-refractivity contribution in [2.24, 2.45) is 0 Å². The Hall–Kier alpha value is -2.90. The molecule has 0 spiro atoms. The molecule has 2 amide bonds. The molecule has 2 aromatic rings. The van der Waals surface area contributed by atoms with Crippen molar-refractivity contribution in [3.63, 3.8) is 0 Å². The Labute approximate surface area is 170 Å². The van der Waals surface area contributed by atoms with Crippen LogP contribution in [0, 0.1) is 0 Å². The molecular formula is C22H25N3O4. The van der Waals surface area contributed by atoms with E-state index in [9.17, 15) is 9.59 Å². The quantitative estimate of drug-likeness (QED) is 0.779. The molecule has 4 rings (SSSR count). The summed E-state index contributed by atoms with van der Waals surface area (Å²) in [5.74, 6) is -0.403. The van der Waals surface area contributed by atoms with Crippen molar-refractivity contribution in [2.75, 3.05) is 32.1 Å². The Morgan fingerprint density at radius 3 is 2.55 bits per heavy atom. The van der Waals surface area contributed by atoms with Crippen LogP contribution in [0.3, 0.4) is 0 Å². The van der Waals surface area contributed by atoms with Gasteiger partial charge in [-0.1, -0.05) is 30.3 Å². The highest BCUT2D eigenvalue weighted by molar-refractivity contribution is 5.92. The lowest BCUT2D eigenvalue weighted by Crippen LogP contribution is -2.43. The molecule has 2 N–H and O–H groups in total. The van der Waals surface area contributed by atoms with Gasteiger partial charge in [-0.25, -0.2) is 9.59 Å². The van der Waals surface area contributed by atoms with Crippen molar-refractivity contribution in [1.82, 2.24) is 10.2 Å². The van der Waals surface area contributed by atoms with Gasteiger partial charge in [0.05, 0.1) is 25.4 Å². The molecule has 7 nitrogen and oxygen atoms in total. The number of fused-ring (bicyclic) bond motifs is 1. The highest BCUT2D eigenvalue weighted by Gasteiger charge is 2.38. The van der Waals surface area contributed by atoms with Gasteiger partial charge in [-0.15, -0.1) is 0 Å². The Bertz CT molecular complexity index is 856. The zero-order chi connectivity index (χ0) is 20.2. The molecule has 29 heavy (non-hydrogen) atoms. The average Bonchev–Trinajstić information content (AvgIpc) is 3.15. The number of amides is 2. The molecule has 0 radical (unpaired) electrons. The van der Waals surface area contributed by atoms with E-state index < -0.39 is 5.97 Å². The summed E-state index contributed by atoms with van der Waals surface area (Å²) in [6.07, 6.45) is 0.948. The number of morpholine rings is 1. The van der Waals surface area contributed by atoms with Crippen molar-refractivity contribution < 1.29 is 19.1 Å². The Morgan fingerprint density at radius 2 is 1.83 bits per heavy atom. The number of carbonyl (C=O) groups excluding carboxylic acids is 2. The number of urea groups is 1. The predicted molar refractivity (Wildman–Crippen MR) is 109 cm³/mol. The summed E-state index contributed by atoms with van der Waals surface area (Å²) in [6, 6.07) is 17.0. The van der Waals surface area contributed by atoms with E-state index in [1.165, 1.54) is 12.7 Å². The Morgan fingerprint density at radius 1 is 1.07 bits per heavy atom. The lowest BCUT2D eigenvalue weighted by Gasteiger charge is -2.35. The van der Waals surface area contributed by atoms with Crippen molar-refractivity contribution in [3.8, 4) is 0 Å². The number of benzene rings is 2. The molecule has 2 aliphatic heterocycles. The number of ether oxygens (including phenoxy) is 2. The van der Waals surface area contributed by atoms with Crippen LogP contribution in [0.15, 0.2) is 54.6 Å². The second-order valence-electron chi connectivity index (χ2n) is 7.44. The highest BCUT2D eigenvalue weighted by Crippen LogP contribution is 2.30. The van der Waals surface area contributed by atoms with Crippen molar-refractivity contribution >= 4 is 17.7 Å². The molecule has 0 unspecified atom stereocenters. The van der Waals surface area contributed by atoms with Crippen LogP contribution in [-0.4, -0.2) is 55.8 Å². The summed E-state index contributed by atoms with van der Waals surface area (Å²) in [7, 11) is 1.34. The number of nitrogens with zero attached hydrogens (tertiary/aromatic N) is 1. The molecule has 2 aromatic carbocycles. The second kappa shape index (κ2) is 8.63. The molecule has 2 saturated heterocycles. The number of hydrogen-bond acceptors (Lipinski definition) is 5. The number of methoxy groups -OCH3 is 1. The topological polar surface area (TPSA) is 79.9 Å². The molecule has 0 saturated carbocycles. The summed E-state index contributed by atoms with van der Waals surface area (Å²) < 4.78 is 10.7. The summed E-state index contributed by atoms with van der Waals surface area (Å²) in [5.41, 5.74) is 2.26. The minimum Gasteiger partial charge on any atom is -0.465 e. The fourth-order valence-corrected chi connectivity index (χ4v) is 4.01. The molecule has 7 heteroatoms. The third-order valence-electron chi connectivity index (χ3n) is 5.49. The van der Waals surface area contributed by atoms with E-state index in [0.29, 0.717) is 23.9 Å². The van der Waals surface area contributed by atoms with Crippen molar-refractivity contribution in [3.05, 3.63) is 65.7 Å². The lowest BCUT2D eigenvalue weighted by molar-refractivity contribution is -0.0502. The van der Waals surface area contributed by atoms with E-state index >= 15 is 0 Å². The highest BCUT2D eigenvalue weighted by atomic mass is 16.5. The van der Waals surface area contributed by atoms with Gasteiger partial charge in [0, 0.05) is 30.9 Å². The Balaban J connectivity index is 1.29. The summed E-state index contributed by atoms with van der Waals surface area (Å²) in [6.45, 7) is 2.32. The molecular weight excluding hydrogens is 370 g/mol. The van der Waals surface area contributed by atoms with E-state index in [4.69, 9.17) is 4.74 Å². The zero-order valence-electron chi connectivity index (χ0n) is 16.3. The third-order valence-corrected chi connectivity index (χ3v) is 5.49. The fraction of sp³-hybridized carbons (Fsp3) is 0.364. The van der Waals surface area contributed by atoms with Crippen LogP contribution in [0.4, 0.5) is 10.5 Å². The minimum absolute atomic E-state index is 0.0764. The number of rotatable bonds is 4. The number of nitrogens with one attached hydrogen (secondary N) is 2. The number of carbonyl (C=O) groups is 2. The van der Waals surface area contributed by atoms with Gasteiger partial charge >= 0.3 is 12.0 Å². The largest absolute Gasteiger partial charge is 0.465 e. The summed E-state index contributed by atoms with van der Waals surface area (Å²) >= 11 is 0. The van der Waals surface area contributed by atoms with Crippen LogP contribution in [0.25, 0.3) is 0 Å². The molecule has 2 aliphatic rings. The molecule has 2 fully saturated rings. The second-order valence-corrected chi connectivity index (χ2v) is 7.44. The first kappa shape index (κ1) is 19.4. The normalized spacial score (nSPS) is 23.8. The molecule has 0 aromatic heterocycles. The van der Waals surface area contributed by atoms with Gasteiger partial charge < -0.3 is 20.1 Å². The maximum Gasteiger partial charge on any atom is 0.337 e. The lowest BCUT2D eigenvalue weighted by atomic mass is 10.1. The van der Waals surface area contributed by atoms with Crippen LogP contribution in [-0.2, 0) is 9.47 Å². The Kier molecular flexibility index (Phi) is 5.78. The molecule has 2 heterocycles. The number of esters is 1. The monoisotopic (exact) mass is 395 g/mol. The van der Waals surface area contributed by atoms with Crippen LogP contribution < -0.4 is 10.6 Å². The van der Waals surface area contributed by atoms with Gasteiger partial charge in [-0.2, -0.15) is 0 Å². The van der Waals surface area contributed by atoms with E-state index in [2.05, 4.69) is 32.4 Å². The van der Waals surface area contributed by atoms with Gasteiger partial charge in [0.2, 0.25) is 0 Å². The number of anilines is 1. The smallest absolute Gasteiger partial charge is 0.337 e. The predicted octanol–water partition coefficient (Wildman–Crippen LogP) is 2.81. The van der Waals surface area contributed by atoms with Gasteiger partial charge in [-0.05, 0) is 36.2 Å². The first-order chi connectivity index (χ1) is 14.1. The van der Waals surface area contributed by atoms with Gasteiger partial charge in [0.15, 0.2) is 0 Å². The first-order valence-electron chi connectivity index (χ1n) is 9.79. The molecule has 0 aliphatic carbocycles. The maximum atomic E-state index is 12.4. The molecule has 3 atom stereocenters. The van der Waals surface area contributed by atoms with Crippen LogP contribution in [0.1, 0.15) is 28.4 Å². The van der Waals surface area contributed by atoms with Crippen molar-refractivity contribution in [1.29, 1.82) is 0 Å². The summed E-state index contributed by atoms with van der Waals surface area (Å²) in [4.78, 5) is 26.2. The van der Waals surface area contributed by atoms with Crippen molar-refractivity contribution in [2.45, 2.75) is 24.6 Å². The van der Waals surface area contributed by atoms with E-state index in [-0.39, 0.29) is 18.2 Å². The third kappa shape index (κ3) is 4.58. The van der Waals surface area contributed by atoms with Crippen LogP contribution in [0.5, 0.6) is 0 Å². The van der Waals surface area contributed by atoms with Crippen LogP contribution >= 0.6 is 0 Å². The molecule has 0 bridgehead atoms. The molecule has 152 valence electrons. The first-order valence-corrected chi connectivity index (χ1v) is 9.79. The fourth-order valence-electron chi connectivity index (χ4n) is 4.01. The summed E-state index contributed by atoms with van der Waals surface area (Å²) in [5, 5.41) is 5.86. The van der Waals surface area contributed by atoms with E-state index in [0.717, 1.165) is 19.5 Å². The van der Waals surface area contributed by atoms with Gasteiger partial charge in [0.25, 0.3) is 0 Å². The van der Waals surface area contributed by atoms with Gasteiger partial charge in [0.1, 0.15) is 0 Å². The minimum atomic E-state index is -0.403. The standard InChI is InChI=1S/C22H25N3O4/c1-28-21(26)16-7-9-17(10-8-16)23-22(27)24-18-11-19-14-29-20(13-25(19)12-18)15-5-3-2-4-6-15/h2-10,18-20H,11-14H2,1H3,(H2,23,24,27)/t18-,19+,20-/m1/s1. The average molecular weight is 395 g/mol. The van der Waals surface area contributed by atoms with E-state index in [1.807, 2.05) is 18.2 Å². The van der Waals surface area contributed by atoms with Crippen LogP contribution in [0.2, 0.25) is 0 Å².